The molecule has 0 unspecified atom stereocenters. The first kappa shape index (κ1) is 16.1. The number of carbonyl (C=O) groups excluding carboxylic acids is 2. The summed E-state index contributed by atoms with van der Waals surface area (Å²) in [5.41, 5.74) is 1.02. The Kier molecular flexibility index (Phi) is 8.02. The van der Waals surface area contributed by atoms with Crippen molar-refractivity contribution in [3.05, 3.63) is 35.9 Å². The molecule has 0 saturated heterocycles. The van der Waals surface area contributed by atoms with Crippen LogP contribution in [0.2, 0.25) is 0 Å². The van der Waals surface area contributed by atoms with E-state index in [9.17, 15) is 9.59 Å². The van der Waals surface area contributed by atoms with Crippen LogP contribution in [0, 0.1) is 0 Å². The zero-order valence-electron chi connectivity index (χ0n) is 11.6. The highest BCUT2D eigenvalue weighted by atomic mass is 16.5. The van der Waals surface area contributed by atoms with E-state index in [0.29, 0.717) is 19.7 Å². The van der Waals surface area contributed by atoms with Crippen molar-refractivity contribution in [1.82, 2.24) is 16.0 Å². The minimum Gasteiger partial charge on any atom is -0.383 e. The molecule has 110 valence electrons. The van der Waals surface area contributed by atoms with E-state index in [2.05, 4.69) is 16.0 Å². The standard InChI is InChI=1S/C14H21N3O3/c1-20-8-7-15-10-13(18)17-11-14(19)16-9-12-5-3-2-4-6-12/h2-6,15H,7-11H2,1H3,(H,16,19)(H,17,18). The summed E-state index contributed by atoms with van der Waals surface area (Å²) < 4.78 is 4.84. The van der Waals surface area contributed by atoms with Crippen molar-refractivity contribution in [2.45, 2.75) is 6.54 Å². The van der Waals surface area contributed by atoms with Crippen LogP contribution in [0.5, 0.6) is 0 Å². The van der Waals surface area contributed by atoms with Crippen molar-refractivity contribution in [3.63, 3.8) is 0 Å². The topological polar surface area (TPSA) is 79.5 Å². The van der Waals surface area contributed by atoms with Crippen LogP contribution in [0.1, 0.15) is 5.56 Å². The van der Waals surface area contributed by atoms with Crippen molar-refractivity contribution in [1.29, 1.82) is 0 Å². The third kappa shape index (κ3) is 7.50. The summed E-state index contributed by atoms with van der Waals surface area (Å²) in [6.45, 7) is 1.77. The van der Waals surface area contributed by atoms with E-state index in [4.69, 9.17) is 4.74 Å². The summed E-state index contributed by atoms with van der Waals surface area (Å²) in [5.74, 6) is -0.421. The Hall–Kier alpha value is -1.92. The molecule has 20 heavy (non-hydrogen) atoms. The number of nitrogens with one attached hydrogen (secondary N) is 3. The Morgan fingerprint density at radius 2 is 1.75 bits per heavy atom. The molecule has 6 nitrogen and oxygen atoms in total. The number of amides is 2. The lowest BCUT2D eigenvalue weighted by Gasteiger charge is -2.07. The van der Waals surface area contributed by atoms with Gasteiger partial charge in [-0.05, 0) is 5.56 Å². The largest absolute Gasteiger partial charge is 0.383 e. The van der Waals surface area contributed by atoms with Gasteiger partial charge in [-0.2, -0.15) is 0 Å². The predicted octanol–water partition coefficient (Wildman–Crippen LogP) is -0.345. The van der Waals surface area contributed by atoms with E-state index in [1.54, 1.807) is 7.11 Å². The molecule has 0 aliphatic carbocycles. The van der Waals surface area contributed by atoms with Gasteiger partial charge in [0, 0.05) is 20.2 Å². The number of rotatable bonds is 9. The molecule has 1 aromatic carbocycles. The Morgan fingerprint density at radius 1 is 1.05 bits per heavy atom. The molecule has 0 radical (unpaired) electrons. The smallest absolute Gasteiger partial charge is 0.239 e. The molecule has 0 aliphatic heterocycles. The lowest BCUT2D eigenvalue weighted by molar-refractivity contribution is -0.125. The molecule has 3 N–H and O–H groups in total. The van der Waals surface area contributed by atoms with E-state index in [-0.39, 0.29) is 24.9 Å². The number of hydrogen-bond acceptors (Lipinski definition) is 4. The van der Waals surface area contributed by atoms with Gasteiger partial charge >= 0.3 is 0 Å². The van der Waals surface area contributed by atoms with Gasteiger partial charge in [-0.3, -0.25) is 9.59 Å². The molecule has 0 bridgehead atoms. The molecular formula is C14H21N3O3. The number of benzene rings is 1. The summed E-state index contributed by atoms with van der Waals surface area (Å²) in [5, 5.41) is 8.18. The Labute approximate surface area is 118 Å². The summed E-state index contributed by atoms with van der Waals surface area (Å²) in [4.78, 5) is 22.9. The SMILES string of the molecule is COCCNCC(=O)NCC(=O)NCc1ccccc1. The van der Waals surface area contributed by atoms with Crippen LogP contribution < -0.4 is 16.0 Å². The lowest BCUT2D eigenvalue weighted by atomic mass is 10.2. The van der Waals surface area contributed by atoms with Crippen LogP contribution in [0.15, 0.2) is 30.3 Å². The van der Waals surface area contributed by atoms with E-state index < -0.39 is 0 Å². The molecule has 0 saturated carbocycles. The summed E-state index contributed by atoms with van der Waals surface area (Å²) in [7, 11) is 1.60. The van der Waals surface area contributed by atoms with Gasteiger partial charge in [0.05, 0.1) is 19.7 Å². The van der Waals surface area contributed by atoms with Crippen LogP contribution in [-0.2, 0) is 20.9 Å². The quantitative estimate of drug-likeness (QED) is 0.540. The van der Waals surface area contributed by atoms with Gasteiger partial charge in [0.15, 0.2) is 0 Å². The van der Waals surface area contributed by atoms with Crippen molar-refractivity contribution in [3.8, 4) is 0 Å². The van der Waals surface area contributed by atoms with Crippen LogP contribution in [0.3, 0.4) is 0 Å². The minimum atomic E-state index is -0.212. The zero-order valence-corrected chi connectivity index (χ0v) is 11.6. The van der Waals surface area contributed by atoms with E-state index in [1.165, 1.54) is 0 Å². The third-order valence-electron chi connectivity index (χ3n) is 2.55. The fraction of sp³-hybridized carbons (Fsp3) is 0.429. The van der Waals surface area contributed by atoms with Gasteiger partial charge in [-0.1, -0.05) is 30.3 Å². The summed E-state index contributed by atoms with van der Waals surface area (Å²) in [6.07, 6.45) is 0. The van der Waals surface area contributed by atoms with Gasteiger partial charge < -0.3 is 20.7 Å². The monoisotopic (exact) mass is 279 g/mol. The predicted molar refractivity (Wildman–Crippen MR) is 76.0 cm³/mol. The minimum absolute atomic E-state index is 0.0162. The fourth-order valence-corrected chi connectivity index (χ4v) is 1.48. The van der Waals surface area contributed by atoms with Gasteiger partial charge in [0.2, 0.25) is 11.8 Å². The van der Waals surface area contributed by atoms with E-state index in [0.717, 1.165) is 5.56 Å². The number of carbonyl (C=O) groups is 2. The maximum Gasteiger partial charge on any atom is 0.239 e. The second-order valence-electron chi connectivity index (χ2n) is 4.21. The molecular weight excluding hydrogens is 258 g/mol. The molecule has 0 spiro atoms. The van der Waals surface area contributed by atoms with Crippen LogP contribution in [-0.4, -0.2) is 45.2 Å². The highest BCUT2D eigenvalue weighted by Gasteiger charge is 2.04. The molecule has 0 heterocycles. The molecule has 0 atom stereocenters. The normalized spacial score (nSPS) is 10.1. The van der Waals surface area contributed by atoms with Gasteiger partial charge in [0.25, 0.3) is 0 Å². The van der Waals surface area contributed by atoms with E-state index >= 15 is 0 Å². The molecule has 1 aromatic rings. The molecule has 1 rings (SSSR count). The van der Waals surface area contributed by atoms with Crippen molar-refractivity contribution >= 4 is 11.8 Å². The van der Waals surface area contributed by atoms with Gasteiger partial charge in [0.1, 0.15) is 0 Å². The average molecular weight is 279 g/mol. The van der Waals surface area contributed by atoms with Crippen LogP contribution >= 0.6 is 0 Å². The Balaban J connectivity index is 2.09. The number of ether oxygens (including phenoxy) is 1. The number of hydrogen-bond donors (Lipinski definition) is 3. The Bertz CT molecular complexity index is 409. The fourth-order valence-electron chi connectivity index (χ4n) is 1.48. The highest BCUT2D eigenvalue weighted by Crippen LogP contribution is 1.96. The first-order valence-electron chi connectivity index (χ1n) is 6.49. The maximum atomic E-state index is 11.5. The molecule has 2 amide bonds. The first-order chi connectivity index (χ1) is 9.72. The van der Waals surface area contributed by atoms with Gasteiger partial charge in [-0.25, -0.2) is 0 Å². The second-order valence-corrected chi connectivity index (χ2v) is 4.21. The lowest BCUT2D eigenvalue weighted by Crippen LogP contribution is -2.41. The molecule has 0 fully saturated rings. The molecule has 0 aromatic heterocycles. The van der Waals surface area contributed by atoms with Crippen LogP contribution in [0.25, 0.3) is 0 Å². The second kappa shape index (κ2) is 9.94. The zero-order chi connectivity index (χ0) is 14.6. The molecule has 0 aliphatic rings. The van der Waals surface area contributed by atoms with Crippen molar-refractivity contribution in [2.75, 3.05) is 33.4 Å². The van der Waals surface area contributed by atoms with Crippen molar-refractivity contribution in [2.24, 2.45) is 0 Å². The summed E-state index contributed by atoms with van der Waals surface area (Å²) in [6, 6.07) is 9.60. The maximum absolute atomic E-state index is 11.5. The van der Waals surface area contributed by atoms with Crippen LogP contribution in [0.4, 0.5) is 0 Å². The van der Waals surface area contributed by atoms with E-state index in [1.807, 2.05) is 30.3 Å². The van der Waals surface area contributed by atoms with Gasteiger partial charge in [-0.15, -0.1) is 0 Å². The number of methoxy groups -OCH3 is 1. The molecule has 6 heteroatoms. The summed E-state index contributed by atoms with van der Waals surface area (Å²) >= 11 is 0. The Morgan fingerprint density at radius 3 is 2.45 bits per heavy atom. The van der Waals surface area contributed by atoms with Crippen molar-refractivity contribution < 1.29 is 14.3 Å². The average Bonchev–Trinajstić information content (AvgIpc) is 2.48. The highest BCUT2D eigenvalue weighted by molar-refractivity contribution is 5.85. The third-order valence-corrected chi connectivity index (χ3v) is 2.55. The first-order valence-corrected chi connectivity index (χ1v) is 6.49.